The standard InChI is InChI=1S/C20H24Cl2N6S/c1-5-27-9-8-18(26-27)12(2)23-20(29)24-19-13(3)25-28(14(19)4)11-15-6-7-16(21)17(22)10-15/h6-10,12H,5,11H2,1-4H3,(H2,23,24,29). The largest absolute Gasteiger partial charge is 0.354 e. The second kappa shape index (κ2) is 9.15. The maximum Gasteiger partial charge on any atom is 0.171 e. The minimum atomic E-state index is -0.00494. The van der Waals surface area contributed by atoms with Gasteiger partial charge in [0.25, 0.3) is 0 Å². The van der Waals surface area contributed by atoms with Crippen molar-refractivity contribution in [3.05, 3.63) is 63.2 Å². The van der Waals surface area contributed by atoms with E-state index < -0.39 is 0 Å². The summed E-state index contributed by atoms with van der Waals surface area (Å²) in [5.41, 5.74) is 4.72. The van der Waals surface area contributed by atoms with Gasteiger partial charge in [-0.2, -0.15) is 10.2 Å². The van der Waals surface area contributed by atoms with Gasteiger partial charge in [-0.15, -0.1) is 0 Å². The molecule has 0 aliphatic rings. The van der Waals surface area contributed by atoms with Gasteiger partial charge in [0.1, 0.15) is 0 Å². The van der Waals surface area contributed by atoms with E-state index in [-0.39, 0.29) is 6.04 Å². The van der Waals surface area contributed by atoms with E-state index in [1.807, 2.05) is 54.5 Å². The van der Waals surface area contributed by atoms with E-state index in [9.17, 15) is 0 Å². The molecule has 1 unspecified atom stereocenters. The highest BCUT2D eigenvalue weighted by Crippen LogP contribution is 2.25. The van der Waals surface area contributed by atoms with Crippen LogP contribution in [-0.2, 0) is 13.1 Å². The highest BCUT2D eigenvalue weighted by molar-refractivity contribution is 7.80. The van der Waals surface area contributed by atoms with Crippen molar-refractivity contribution in [2.24, 2.45) is 0 Å². The van der Waals surface area contributed by atoms with Gasteiger partial charge < -0.3 is 10.6 Å². The zero-order chi connectivity index (χ0) is 21.1. The zero-order valence-electron chi connectivity index (χ0n) is 16.8. The third kappa shape index (κ3) is 5.10. The molecule has 3 rings (SSSR count). The number of aryl methyl sites for hydroxylation is 2. The summed E-state index contributed by atoms with van der Waals surface area (Å²) < 4.78 is 3.82. The number of rotatable bonds is 6. The fourth-order valence-corrected chi connectivity index (χ4v) is 3.65. The first-order chi connectivity index (χ1) is 13.8. The Morgan fingerprint density at radius 2 is 1.93 bits per heavy atom. The van der Waals surface area contributed by atoms with Gasteiger partial charge in [0, 0.05) is 12.7 Å². The lowest BCUT2D eigenvalue weighted by atomic mass is 10.2. The number of nitrogens with one attached hydrogen (secondary N) is 2. The molecular weight excluding hydrogens is 427 g/mol. The normalized spacial score (nSPS) is 12.1. The maximum atomic E-state index is 6.13. The molecular formula is C20H24Cl2N6S. The predicted octanol–water partition coefficient (Wildman–Crippen LogP) is 5.12. The van der Waals surface area contributed by atoms with Crippen LogP contribution in [0.15, 0.2) is 30.5 Å². The Morgan fingerprint density at radius 3 is 2.59 bits per heavy atom. The van der Waals surface area contributed by atoms with Crippen molar-refractivity contribution in [3.8, 4) is 0 Å². The average Bonchev–Trinajstić information content (AvgIpc) is 3.25. The van der Waals surface area contributed by atoms with Gasteiger partial charge in [-0.25, -0.2) is 0 Å². The molecule has 0 fully saturated rings. The van der Waals surface area contributed by atoms with Crippen LogP contribution in [0, 0.1) is 13.8 Å². The number of aromatic nitrogens is 4. The topological polar surface area (TPSA) is 59.7 Å². The minimum Gasteiger partial charge on any atom is -0.354 e. The molecule has 2 aromatic heterocycles. The molecule has 2 N–H and O–H groups in total. The molecule has 1 atom stereocenters. The molecule has 9 heteroatoms. The third-order valence-electron chi connectivity index (χ3n) is 4.71. The Labute approximate surface area is 186 Å². The van der Waals surface area contributed by atoms with Crippen molar-refractivity contribution in [1.82, 2.24) is 24.9 Å². The molecule has 6 nitrogen and oxygen atoms in total. The summed E-state index contributed by atoms with van der Waals surface area (Å²) in [5.74, 6) is 0. The summed E-state index contributed by atoms with van der Waals surface area (Å²) in [4.78, 5) is 0. The van der Waals surface area contributed by atoms with E-state index in [1.165, 1.54) is 0 Å². The van der Waals surface area contributed by atoms with Gasteiger partial charge >= 0.3 is 0 Å². The first-order valence-electron chi connectivity index (χ1n) is 9.37. The fourth-order valence-electron chi connectivity index (χ4n) is 3.05. The molecule has 3 aromatic rings. The van der Waals surface area contributed by atoms with E-state index in [0.29, 0.717) is 21.7 Å². The van der Waals surface area contributed by atoms with Crippen LogP contribution in [0.4, 0.5) is 5.69 Å². The van der Waals surface area contributed by atoms with Crippen LogP contribution in [0.5, 0.6) is 0 Å². The first-order valence-corrected chi connectivity index (χ1v) is 10.5. The molecule has 0 amide bonds. The second-order valence-electron chi connectivity index (χ2n) is 6.87. The SMILES string of the molecule is CCn1ccc(C(C)NC(=S)Nc2c(C)nn(Cc3ccc(Cl)c(Cl)c3)c2C)n1. The van der Waals surface area contributed by atoms with Gasteiger partial charge in [0.2, 0.25) is 0 Å². The Hall–Kier alpha value is -2.09. The fraction of sp³-hybridized carbons (Fsp3) is 0.350. The molecule has 0 spiro atoms. The average molecular weight is 451 g/mol. The molecule has 1 aromatic carbocycles. The highest BCUT2D eigenvalue weighted by Gasteiger charge is 2.15. The molecule has 0 aliphatic heterocycles. The Kier molecular flexibility index (Phi) is 6.82. The lowest BCUT2D eigenvalue weighted by molar-refractivity contribution is 0.613. The zero-order valence-corrected chi connectivity index (χ0v) is 19.2. The summed E-state index contributed by atoms with van der Waals surface area (Å²) in [6.45, 7) is 9.48. The molecule has 0 saturated heterocycles. The number of hydrogen-bond donors (Lipinski definition) is 2. The van der Waals surface area contributed by atoms with E-state index in [4.69, 9.17) is 35.4 Å². The van der Waals surface area contributed by atoms with E-state index in [2.05, 4.69) is 27.8 Å². The van der Waals surface area contributed by atoms with E-state index in [0.717, 1.165) is 34.9 Å². The molecule has 29 heavy (non-hydrogen) atoms. The predicted molar refractivity (Wildman–Crippen MR) is 123 cm³/mol. The lowest BCUT2D eigenvalue weighted by Crippen LogP contribution is -2.31. The number of anilines is 1. The summed E-state index contributed by atoms with van der Waals surface area (Å²) >= 11 is 17.6. The van der Waals surface area contributed by atoms with Crippen LogP contribution >= 0.6 is 35.4 Å². The first kappa shape index (κ1) is 21.6. The van der Waals surface area contributed by atoms with Crippen LogP contribution in [0.3, 0.4) is 0 Å². The quantitative estimate of drug-likeness (QED) is 0.510. The van der Waals surface area contributed by atoms with Gasteiger partial charge in [0.15, 0.2) is 5.11 Å². The number of hydrogen-bond acceptors (Lipinski definition) is 3. The number of nitrogens with zero attached hydrogens (tertiary/aromatic N) is 4. The summed E-state index contributed by atoms with van der Waals surface area (Å²) in [6.07, 6.45) is 1.96. The maximum absolute atomic E-state index is 6.13. The van der Waals surface area contributed by atoms with Crippen molar-refractivity contribution in [1.29, 1.82) is 0 Å². The molecule has 154 valence electrons. The smallest absolute Gasteiger partial charge is 0.171 e. The lowest BCUT2D eigenvalue weighted by Gasteiger charge is -2.15. The van der Waals surface area contributed by atoms with Crippen molar-refractivity contribution < 1.29 is 0 Å². The number of halogens is 2. The van der Waals surface area contributed by atoms with Crippen molar-refractivity contribution in [2.75, 3.05) is 5.32 Å². The number of benzene rings is 1. The van der Waals surface area contributed by atoms with E-state index in [1.54, 1.807) is 6.07 Å². The van der Waals surface area contributed by atoms with Crippen LogP contribution in [0.1, 0.15) is 42.5 Å². The summed E-state index contributed by atoms with van der Waals surface area (Å²) in [6, 6.07) is 7.59. The van der Waals surface area contributed by atoms with Gasteiger partial charge in [-0.05, 0) is 63.7 Å². The highest BCUT2D eigenvalue weighted by atomic mass is 35.5. The summed E-state index contributed by atoms with van der Waals surface area (Å²) in [5, 5.41) is 17.3. The molecule has 0 aliphatic carbocycles. The Balaban J connectivity index is 1.69. The van der Waals surface area contributed by atoms with Crippen LogP contribution in [0.2, 0.25) is 10.0 Å². The number of thiocarbonyl (C=S) groups is 1. The van der Waals surface area contributed by atoms with Crippen molar-refractivity contribution >= 4 is 46.2 Å². The van der Waals surface area contributed by atoms with Crippen LogP contribution < -0.4 is 10.6 Å². The third-order valence-corrected chi connectivity index (χ3v) is 5.67. The van der Waals surface area contributed by atoms with Crippen molar-refractivity contribution in [2.45, 2.75) is 46.8 Å². The molecule has 2 heterocycles. The monoisotopic (exact) mass is 450 g/mol. The molecule has 0 bridgehead atoms. The van der Waals surface area contributed by atoms with Crippen LogP contribution in [-0.4, -0.2) is 24.7 Å². The van der Waals surface area contributed by atoms with E-state index >= 15 is 0 Å². The minimum absolute atomic E-state index is 0.00494. The Bertz CT molecular complexity index is 1030. The van der Waals surface area contributed by atoms with Crippen LogP contribution in [0.25, 0.3) is 0 Å². The second-order valence-corrected chi connectivity index (χ2v) is 8.09. The van der Waals surface area contributed by atoms with Crippen molar-refractivity contribution in [3.63, 3.8) is 0 Å². The van der Waals surface area contributed by atoms with Gasteiger partial charge in [0.05, 0.1) is 45.4 Å². The Morgan fingerprint density at radius 1 is 1.17 bits per heavy atom. The van der Waals surface area contributed by atoms with Gasteiger partial charge in [-0.3, -0.25) is 9.36 Å². The molecule has 0 saturated carbocycles. The molecule has 0 radical (unpaired) electrons. The van der Waals surface area contributed by atoms with Gasteiger partial charge in [-0.1, -0.05) is 29.3 Å². The summed E-state index contributed by atoms with van der Waals surface area (Å²) in [7, 11) is 0.